The lowest BCUT2D eigenvalue weighted by molar-refractivity contribution is -0.137. The smallest absolute Gasteiger partial charge is 0.263 e. The number of amides is 1. The van der Waals surface area contributed by atoms with Gasteiger partial charge in [-0.05, 0) is 57.5 Å². The molecule has 0 heterocycles. The number of hydrogen-bond donors (Lipinski definition) is 1. The molecule has 0 spiro atoms. The lowest BCUT2D eigenvalue weighted by Crippen LogP contribution is -2.40. The Morgan fingerprint density at radius 3 is 2.60 bits per heavy atom. The van der Waals surface area contributed by atoms with Crippen LogP contribution in [0.1, 0.15) is 26.3 Å². The van der Waals surface area contributed by atoms with E-state index in [0.29, 0.717) is 25.4 Å². The molecular formula is C15H23BrN2O2. The molecule has 0 fully saturated rings. The standard InChI is InChI=1S/C15H23BrN2O2/c1-4-18(5-2)15(19)11(3)20-13-6-7-14(16)12(10-13)8-9-17/h6-7,10-11H,4-5,8-9,17H2,1-3H3. The topological polar surface area (TPSA) is 55.6 Å². The molecule has 0 saturated heterocycles. The maximum absolute atomic E-state index is 12.2. The minimum absolute atomic E-state index is 0.0123. The van der Waals surface area contributed by atoms with Crippen molar-refractivity contribution in [3.05, 3.63) is 28.2 Å². The Balaban J connectivity index is 2.77. The predicted octanol–water partition coefficient (Wildman–Crippen LogP) is 2.59. The van der Waals surface area contributed by atoms with Crippen LogP contribution in [0.5, 0.6) is 5.75 Å². The molecule has 2 N–H and O–H groups in total. The molecule has 0 saturated carbocycles. The number of hydrogen-bond acceptors (Lipinski definition) is 3. The molecule has 0 aliphatic heterocycles. The third kappa shape index (κ3) is 4.49. The Kier molecular flexibility index (Phi) is 7.02. The van der Waals surface area contributed by atoms with E-state index in [1.165, 1.54) is 0 Å². The highest BCUT2D eigenvalue weighted by Crippen LogP contribution is 2.23. The Labute approximate surface area is 129 Å². The number of likely N-dealkylation sites (N-methyl/N-ethyl adjacent to an activating group) is 1. The first-order valence-corrected chi connectivity index (χ1v) is 7.76. The Morgan fingerprint density at radius 1 is 1.40 bits per heavy atom. The van der Waals surface area contributed by atoms with Gasteiger partial charge in [0.15, 0.2) is 6.10 Å². The summed E-state index contributed by atoms with van der Waals surface area (Å²) in [6.07, 6.45) is 0.290. The zero-order chi connectivity index (χ0) is 15.1. The van der Waals surface area contributed by atoms with Crippen LogP contribution in [0.4, 0.5) is 0 Å². The summed E-state index contributed by atoms with van der Waals surface area (Å²) in [5, 5.41) is 0. The molecule has 0 bridgehead atoms. The first kappa shape index (κ1) is 17.0. The molecular weight excluding hydrogens is 320 g/mol. The number of ether oxygens (including phenoxy) is 1. The summed E-state index contributed by atoms with van der Waals surface area (Å²) in [5.74, 6) is 0.711. The molecule has 0 aromatic heterocycles. The number of rotatable bonds is 7. The second kappa shape index (κ2) is 8.27. The van der Waals surface area contributed by atoms with Crippen molar-refractivity contribution in [1.29, 1.82) is 0 Å². The third-order valence-corrected chi connectivity index (χ3v) is 3.94. The third-order valence-electron chi connectivity index (χ3n) is 3.17. The van der Waals surface area contributed by atoms with Crippen molar-refractivity contribution in [2.75, 3.05) is 19.6 Å². The fourth-order valence-electron chi connectivity index (χ4n) is 2.02. The molecule has 112 valence electrons. The van der Waals surface area contributed by atoms with Crippen molar-refractivity contribution in [1.82, 2.24) is 4.90 Å². The molecule has 1 aromatic rings. The van der Waals surface area contributed by atoms with Crippen LogP contribution < -0.4 is 10.5 Å². The summed E-state index contributed by atoms with van der Waals surface area (Å²) in [5.41, 5.74) is 6.67. The van der Waals surface area contributed by atoms with E-state index in [1.54, 1.807) is 11.8 Å². The van der Waals surface area contributed by atoms with Crippen LogP contribution in [0.15, 0.2) is 22.7 Å². The van der Waals surface area contributed by atoms with E-state index in [2.05, 4.69) is 15.9 Å². The van der Waals surface area contributed by atoms with Crippen molar-refractivity contribution in [3.8, 4) is 5.75 Å². The van der Waals surface area contributed by atoms with Crippen LogP contribution in [0.25, 0.3) is 0 Å². The van der Waals surface area contributed by atoms with Gasteiger partial charge in [0.05, 0.1) is 0 Å². The summed E-state index contributed by atoms with van der Waals surface area (Å²) in [4.78, 5) is 13.9. The summed E-state index contributed by atoms with van der Waals surface area (Å²) in [6.45, 7) is 7.69. The fraction of sp³-hybridized carbons (Fsp3) is 0.533. The first-order valence-electron chi connectivity index (χ1n) is 6.97. The minimum Gasteiger partial charge on any atom is -0.481 e. The molecule has 0 aliphatic rings. The van der Waals surface area contributed by atoms with E-state index in [-0.39, 0.29) is 5.91 Å². The van der Waals surface area contributed by atoms with E-state index in [1.807, 2.05) is 32.0 Å². The minimum atomic E-state index is -0.484. The van der Waals surface area contributed by atoms with E-state index in [9.17, 15) is 4.79 Å². The molecule has 4 nitrogen and oxygen atoms in total. The number of halogens is 1. The molecule has 1 atom stereocenters. The van der Waals surface area contributed by atoms with E-state index in [4.69, 9.17) is 10.5 Å². The highest BCUT2D eigenvalue weighted by molar-refractivity contribution is 9.10. The van der Waals surface area contributed by atoms with Crippen LogP contribution >= 0.6 is 15.9 Å². The number of carbonyl (C=O) groups is 1. The van der Waals surface area contributed by atoms with Gasteiger partial charge < -0.3 is 15.4 Å². The molecule has 20 heavy (non-hydrogen) atoms. The van der Waals surface area contributed by atoms with Gasteiger partial charge in [-0.25, -0.2) is 0 Å². The normalized spacial score (nSPS) is 12.1. The average Bonchev–Trinajstić information content (AvgIpc) is 2.44. The summed E-state index contributed by atoms with van der Waals surface area (Å²) >= 11 is 3.49. The molecule has 1 rings (SSSR count). The van der Waals surface area contributed by atoms with Crippen molar-refractivity contribution in [2.45, 2.75) is 33.3 Å². The van der Waals surface area contributed by atoms with Gasteiger partial charge in [-0.3, -0.25) is 4.79 Å². The monoisotopic (exact) mass is 342 g/mol. The maximum Gasteiger partial charge on any atom is 0.263 e. The quantitative estimate of drug-likeness (QED) is 0.828. The maximum atomic E-state index is 12.2. The Bertz CT molecular complexity index is 447. The first-order chi connectivity index (χ1) is 9.53. The summed E-state index contributed by atoms with van der Waals surface area (Å²) in [7, 11) is 0. The fourth-order valence-corrected chi connectivity index (χ4v) is 2.46. The predicted molar refractivity (Wildman–Crippen MR) is 84.9 cm³/mol. The number of nitrogens with zero attached hydrogens (tertiary/aromatic N) is 1. The SMILES string of the molecule is CCN(CC)C(=O)C(C)Oc1ccc(Br)c(CCN)c1. The summed E-state index contributed by atoms with van der Waals surface area (Å²) < 4.78 is 6.76. The molecule has 1 unspecified atom stereocenters. The lowest BCUT2D eigenvalue weighted by atomic mass is 10.1. The molecule has 5 heteroatoms. The zero-order valence-electron chi connectivity index (χ0n) is 12.4. The highest BCUT2D eigenvalue weighted by Gasteiger charge is 2.19. The van der Waals surface area contributed by atoms with Gasteiger partial charge in [0.1, 0.15) is 5.75 Å². The van der Waals surface area contributed by atoms with Gasteiger partial charge in [0, 0.05) is 17.6 Å². The molecule has 0 radical (unpaired) electrons. The van der Waals surface area contributed by atoms with Gasteiger partial charge in [-0.2, -0.15) is 0 Å². The van der Waals surface area contributed by atoms with Gasteiger partial charge in [-0.1, -0.05) is 15.9 Å². The van der Waals surface area contributed by atoms with Gasteiger partial charge in [0.25, 0.3) is 5.91 Å². The van der Waals surface area contributed by atoms with Crippen molar-refractivity contribution in [2.24, 2.45) is 5.73 Å². The Hall–Kier alpha value is -1.07. The van der Waals surface area contributed by atoms with Crippen LogP contribution in [-0.4, -0.2) is 36.5 Å². The second-order valence-corrected chi connectivity index (χ2v) is 5.42. The average molecular weight is 343 g/mol. The van der Waals surface area contributed by atoms with E-state index >= 15 is 0 Å². The van der Waals surface area contributed by atoms with Gasteiger partial charge in [-0.15, -0.1) is 0 Å². The van der Waals surface area contributed by atoms with Gasteiger partial charge in [0.2, 0.25) is 0 Å². The van der Waals surface area contributed by atoms with Crippen LogP contribution in [0, 0.1) is 0 Å². The molecule has 1 aromatic carbocycles. The molecule has 1 amide bonds. The second-order valence-electron chi connectivity index (χ2n) is 4.56. The van der Waals surface area contributed by atoms with Crippen LogP contribution in [0.2, 0.25) is 0 Å². The molecule has 0 aliphatic carbocycles. The van der Waals surface area contributed by atoms with E-state index in [0.717, 1.165) is 16.5 Å². The largest absolute Gasteiger partial charge is 0.481 e. The van der Waals surface area contributed by atoms with E-state index < -0.39 is 6.10 Å². The zero-order valence-corrected chi connectivity index (χ0v) is 13.9. The van der Waals surface area contributed by atoms with Crippen LogP contribution in [0.3, 0.4) is 0 Å². The highest BCUT2D eigenvalue weighted by atomic mass is 79.9. The summed E-state index contributed by atoms with van der Waals surface area (Å²) in [6, 6.07) is 5.72. The van der Waals surface area contributed by atoms with Crippen molar-refractivity contribution < 1.29 is 9.53 Å². The van der Waals surface area contributed by atoms with Crippen LogP contribution in [-0.2, 0) is 11.2 Å². The van der Waals surface area contributed by atoms with Gasteiger partial charge >= 0.3 is 0 Å². The number of carbonyl (C=O) groups excluding carboxylic acids is 1. The number of nitrogens with two attached hydrogens (primary N) is 1. The number of benzene rings is 1. The van der Waals surface area contributed by atoms with Crippen molar-refractivity contribution in [3.63, 3.8) is 0 Å². The van der Waals surface area contributed by atoms with Crippen molar-refractivity contribution >= 4 is 21.8 Å². The lowest BCUT2D eigenvalue weighted by Gasteiger charge is -2.23. The Morgan fingerprint density at radius 2 is 2.05 bits per heavy atom.